The minimum Gasteiger partial charge on any atom is -0.507 e. The highest BCUT2D eigenvalue weighted by Crippen LogP contribution is 2.34. The van der Waals surface area contributed by atoms with Gasteiger partial charge in [0.1, 0.15) is 46.0 Å². The molecule has 7 aromatic carbocycles. The molecule has 7 amide bonds. The summed E-state index contributed by atoms with van der Waals surface area (Å²) in [5, 5.41) is 145. The van der Waals surface area contributed by atoms with Crippen LogP contribution in [-0.4, -0.2) is 204 Å². The lowest BCUT2D eigenvalue weighted by atomic mass is 10.1. The highest BCUT2D eigenvalue weighted by Gasteiger charge is 2.25. The largest absolute Gasteiger partial charge is 0.507 e. The van der Waals surface area contributed by atoms with Crippen LogP contribution in [0.25, 0.3) is 0 Å². The molecule has 36 nitrogen and oxygen atoms in total. The predicted octanol–water partition coefficient (Wildman–Crippen LogP) is 11.9. The summed E-state index contributed by atoms with van der Waals surface area (Å²) in [6.07, 6.45) is -1.23. The number of para-hydroxylation sites is 2. The Bertz CT molecular complexity index is 4700. The number of carbonyl (C=O) groups excluding carboxylic acids is 7. The van der Waals surface area contributed by atoms with Gasteiger partial charge in [-0.25, -0.2) is 0 Å². The number of aliphatic carboxylic acids is 7. The van der Waals surface area contributed by atoms with E-state index in [1.54, 1.807) is 90.9 Å². The van der Waals surface area contributed by atoms with Crippen LogP contribution in [0.2, 0.25) is 15.1 Å². The summed E-state index contributed by atoms with van der Waals surface area (Å²) in [7, 11) is 1.45. The first-order valence-corrected chi connectivity index (χ1v) is 40.2. The molecule has 7 aromatic rings. The van der Waals surface area contributed by atoms with Gasteiger partial charge in [-0.2, -0.15) is 0 Å². The van der Waals surface area contributed by atoms with Crippen molar-refractivity contribution in [3.8, 4) is 46.0 Å². The second kappa shape index (κ2) is 54.2. The van der Waals surface area contributed by atoms with E-state index >= 15 is 0 Å². The lowest BCUT2D eigenvalue weighted by Gasteiger charge is -2.13. The summed E-state index contributed by atoms with van der Waals surface area (Å²) >= 11 is 27.3. The zero-order valence-electron chi connectivity index (χ0n) is 66.0. The second-order valence-corrected chi connectivity index (χ2v) is 31.6. The Labute approximate surface area is 756 Å². The topological polar surface area (TPSA) is 616 Å². The van der Waals surface area contributed by atoms with Gasteiger partial charge in [0.05, 0.1) is 104 Å². The first-order valence-electron chi connectivity index (χ1n) is 35.3. The normalized spacial score (nSPS) is 11.9. The molecule has 21 N–H and O–H groups in total. The van der Waals surface area contributed by atoms with Crippen molar-refractivity contribution in [2.24, 2.45) is 0 Å². The highest BCUT2D eigenvalue weighted by atomic mass is 127. The van der Waals surface area contributed by atoms with Gasteiger partial charge in [0.2, 0.25) is 0 Å². The molecule has 0 saturated carbocycles. The number of benzene rings is 7. The quantitative estimate of drug-likeness (QED) is 0.0194. The molecule has 7 atom stereocenters. The van der Waals surface area contributed by atoms with E-state index in [0.717, 1.165) is 3.57 Å². The minimum atomic E-state index is -1.03. The molecule has 0 aliphatic heterocycles. The number of carbonyl (C=O) groups is 14. The number of phenolic OH excluding ortho intramolecular Hbond substituents is 7. The SMILES string of the molecule is CC(CC(=O)O)NC(=O)c1cc(Br)cc(Br)c1O.CC(CC(=O)O)NC(=O)c1cc(Cl)cc(Cl)c1O.CC(CC(=O)O)NC(=O)c1cc(I)cc(I)c1O.CC(CC(=O)O)NC(=O)c1ccc(Cl)cc1O.CC(CC(=O)O)NC(=O)c1ccccc1O.COc1ccc(C(=O)NC(C)CC(=O)O)c(O)c1.Cc1cccc(C(=O)NC(C)CC(=O)O)c1O. The number of aromatic hydroxyl groups is 7. The van der Waals surface area contributed by atoms with E-state index in [4.69, 9.17) is 75.3 Å². The molecule has 43 heteroatoms. The van der Waals surface area contributed by atoms with E-state index in [0.29, 0.717) is 28.9 Å². The Balaban J connectivity index is 0.000000712. The van der Waals surface area contributed by atoms with E-state index in [9.17, 15) is 103 Å². The van der Waals surface area contributed by atoms with Gasteiger partial charge in [0, 0.05) is 66.4 Å². The third-order valence-electron chi connectivity index (χ3n) is 15.1. The lowest BCUT2D eigenvalue weighted by Crippen LogP contribution is -2.34. The summed E-state index contributed by atoms with van der Waals surface area (Å²) in [4.78, 5) is 155. The summed E-state index contributed by atoms with van der Waals surface area (Å²) in [6, 6.07) is 24.6. The zero-order valence-corrected chi connectivity index (χ0v) is 75.7. The van der Waals surface area contributed by atoms with Crippen LogP contribution in [0.3, 0.4) is 0 Å². The van der Waals surface area contributed by atoms with Crippen molar-refractivity contribution in [2.75, 3.05) is 7.11 Å². The number of ether oxygens (including phenoxy) is 1. The van der Waals surface area contributed by atoms with Gasteiger partial charge in [-0.1, -0.05) is 75.0 Å². The predicted molar refractivity (Wildman–Crippen MR) is 468 cm³/mol. The van der Waals surface area contributed by atoms with Gasteiger partial charge >= 0.3 is 41.8 Å². The van der Waals surface area contributed by atoms with Crippen LogP contribution in [0.15, 0.2) is 124 Å². The molecule has 7 unspecified atom stereocenters. The molecular weight excluding hydrogens is 2030 g/mol. The third kappa shape index (κ3) is 41.9. The van der Waals surface area contributed by atoms with Crippen molar-refractivity contribution in [3.05, 3.63) is 191 Å². The molecule has 0 radical (unpaired) electrons. The van der Waals surface area contributed by atoms with E-state index in [-0.39, 0.29) is 134 Å². The summed E-state index contributed by atoms with van der Waals surface area (Å²) in [5.41, 5.74) is 1.17. The number of phenols is 7. The average Bonchev–Trinajstić information content (AvgIpc) is 0.834. The van der Waals surface area contributed by atoms with E-state index in [1.165, 1.54) is 86.8 Å². The molecular formula is C79H88Br2Cl3I2N7O29. The molecule has 0 aromatic heterocycles. The van der Waals surface area contributed by atoms with E-state index in [2.05, 4.69) is 69.1 Å². The van der Waals surface area contributed by atoms with Gasteiger partial charge in [-0.05, 0) is 207 Å². The Kier molecular flexibility index (Phi) is 48.4. The molecule has 0 saturated heterocycles. The Morgan fingerprint density at radius 3 is 1.03 bits per heavy atom. The lowest BCUT2D eigenvalue weighted by molar-refractivity contribution is -0.138. The van der Waals surface area contributed by atoms with Crippen molar-refractivity contribution in [3.63, 3.8) is 0 Å². The van der Waals surface area contributed by atoms with Crippen molar-refractivity contribution < 1.29 is 143 Å². The van der Waals surface area contributed by atoms with Crippen LogP contribution in [0.4, 0.5) is 0 Å². The maximum absolute atomic E-state index is 11.9. The fraction of sp³-hybridized carbons (Fsp3) is 0.291. The fourth-order valence-corrected chi connectivity index (χ4v) is 13.3. The summed E-state index contributed by atoms with van der Waals surface area (Å²) in [6.45, 7) is 12.7. The number of methoxy groups -OCH3 is 1. The number of hydrogen-bond donors (Lipinski definition) is 21. The van der Waals surface area contributed by atoms with Crippen LogP contribution in [-0.2, 0) is 33.6 Å². The average molecular weight is 2120 g/mol. The number of hydrogen-bond acceptors (Lipinski definition) is 22. The smallest absolute Gasteiger partial charge is 0.305 e. The first-order chi connectivity index (χ1) is 56.7. The molecule has 0 aliphatic carbocycles. The first kappa shape index (κ1) is 109. The van der Waals surface area contributed by atoms with Gasteiger partial charge in [-0.15, -0.1) is 0 Å². The van der Waals surface area contributed by atoms with Crippen LogP contribution >= 0.6 is 112 Å². The van der Waals surface area contributed by atoms with Gasteiger partial charge in [0.15, 0.2) is 0 Å². The van der Waals surface area contributed by atoms with Crippen LogP contribution in [0.1, 0.15) is 171 Å². The van der Waals surface area contributed by atoms with Gasteiger partial charge < -0.3 is 113 Å². The monoisotopic (exact) mass is 2120 g/mol. The molecule has 7 rings (SSSR count). The van der Waals surface area contributed by atoms with E-state index in [1.807, 2.05) is 45.2 Å². The minimum absolute atomic E-state index is 0.0430. The molecule has 0 bridgehead atoms. The Morgan fingerprint density at radius 1 is 0.344 bits per heavy atom. The molecule has 662 valence electrons. The summed E-state index contributed by atoms with van der Waals surface area (Å²) in [5.74, 6) is -11.5. The Hall–Kier alpha value is -11.2. The number of halogens is 7. The number of nitrogens with one attached hydrogen (secondary N) is 7. The van der Waals surface area contributed by atoms with Crippen LogP contribution in [0, 0.1) is 14.1 Å². The molecule has 122 heavy (non-hydrogen) atoms. The number of amides is 7. The molecule has 0 heterocycles. The van der Waals surface area contributed by atoms with Crippen LogP contribution < -0.4 is 42.0 Å². The van der Waals surface area contributed by atoms with Crippen molar-refractivity contribution in [1.29, 1.82) is 0 Å². The van der Waals surface area contributed by atoms with Gasteiger partial charge in [-0.3, -0.25) is 67.1 Å². The fourth-order valence-electron chi connectivity index (χ4n) is 9.55. The highest BCUT2D eigenvalue weighted by molar-refractivity contribution is 14.1. The molecule has 0 fully saturated rings. The van der Waals surface area contributed by atoms with E-state index < -0.39 is 125 Å². The van der Waals surface area contributed by atoms with Gasteiger partial charge in [0.25, 0.3) is 41.4 Å². The zero-order chi connectivity index (χ0) is 93.4. The number of carboxylic acids is 7. The van der Waals surface area contributed by atoms with Crippen molar-refractivity contribution in [1.82, 2.24) is 37.2 Å². The maximum atomic E-state index is 11.9. The Morgan fingerprint density at radius 2 is 0.672 bits per heavy atom. The number of carboxylic acid groups (broad SMARTS) is 7. The standard InChI is InChI=1S/C12H15NO5.C12H15NO4.C11H11Br2NO4.C11H11Cl2NO4.C11H12ClNO4.C11H11I2NO4.C11H13NO4/c1-7(5-11(15)16)13-12(17)9-4-3-8(18-2)6-10(9)14;1-7-4-3-5-9(11(7)16)12(17)13-8(2)6-10(14)15;2*1-5(2-9(15)16)14-11(18)7-3-6(12)4-8(13)10(7)17;1-6(4-10(15)16)13-11(17)8-3-2-7(12)5-9(8)14;1-5(2-9(15)16)14-11(18)7-3-6(12)4-8(13)10(7)17;1-7(6-10(14)15)12-11(16)8-4-2-3-5-9(8)13/h3-4,6-7,14H,5H2,1-2H3,(H,13,17)(H,15,16);3-5,8,16H,6H2,1-2H3,(H,13,17)(H,14,15);2*3-5,17H,2H2,1H3,(H,14,18)(H,15,16);2-3,5-6,14H,4H2,1H3,(H,13,17)(H,15,16);3-5,17H,2H2,1H3,(H,14,18)(H,15,16);2-5,7,13H,6H2,1H3,(H,12,16)(H,14,15). The number of aryl methyl sites for hydroxylation is 1. The number of rotatable bonds is 29. The second-order valence-electron chi connectivity index (χ2n) is 26.2. The van der Waals surface area contributed by atoms with Crippen molar-refractivity contribution in [2.45, 2.75) is 143 Å². The maximum Gasteiger partial charge on any atom is 0.305 e. The van der Waals surface area contributed by atoms with Crippen molar-refractivity contribution >= 4 is 195 Å². The third-order valence-corrected chi connectivity index (χ3v) is 18.4. The van der Waals surface area contributed by atoms with Crippen LogP contribution in [0.5, 0.6) is 46.0 Å². The molecule has 0 spiro atoms. The summed E-state index contributed by atoms with van der Waals surface area (Å²) < 4.78 is 7.31. The molecule has 0 aliphatic rings.